The Morgan fingerprint density at radius 1 is 1.32 bits per heavy atom. The van der Waals surface area contributed by atoms with Crippen molar-refractivity contribution in [3.63, 3.8) is 0 Å². The topological polar surface area (TPSA) is 75.4 Å². The van der Waals surface area contributed by atoms with Crippen LogP contribution in [0.25, 0.3) is 0 Å². The monoisotopic (exact) mass is 345 g/mol. The summed E-state index contributed by atoms with van der Waals surface area (Å²) in [4.78, 5) is 26.9. The number of rotatable bonds is 4. The lowest BCUT2D eigenvalue weighted by atomic mass is 9.46. The van der Waals surface area contributed by atoms with Gasteiger partial charge < -0.3 is 14.7 Å². The van der Waals surface area contributed by atoms with E-state index in [1.807, 2.05) is 20.0 Å². The van der Waals surface area contributed by atoms with Crippen molar-refractivity contribution in [3.8, 4) is 0 Å². The minimum atomic E-state index is -0.319. The summed E-state index contributed by atoms with van der Waals surface area (Å²) in [5.74, 6) is 2.10. The Morgan fingerprint density at radius 2 is 2.00 bits per heavy atom. The van der Waals surface area contributed by atoms with Crippen molar-refractivity contribution in [1.29, 1.82) is 0 Å². The highest BCUT2D eigenvalue weighted by atomic mass is 16.5. The number of carbonyl (C=O) groups excluding carboxylic acids is 2. The van der Waals surface area contributed by atoms with Gasteiger partial charge in [-0.05, 0) is 57.3 Å². The first kappa shape index (κ1) is 16.6. The predicted octanol–water partition coefficient (Wildman–Crippen LogP) is 2.42. The van der Waals surface area contributed by atoms with Crippen molar-refractivity contribution in [2.24, 2.45) is 17.3 Å². The van der Waals surface area contributed by atoms with E-state index in [9.17, 15) is 9.59 Å². The lowest BCUT2D eigenvalue weighted by Gasteiger charge is -2.61. The van der Waals surface area contributed by atoms with Gasteiger partial charge in [-0.15, -0.1) is 0 Å². The summed E-state index contributed by atoms with van der Waals surface area (Å²) in [5, 5.41) is 7.23. The molecule has 1 N–H and O–H groups in total. The summed E-state index contributed by atoms with van der Waals surface area (Å²) in [7, 11) is 1.86. The van der Waals surface area contributed by atoms with Crippen molar-refractivity contribution < 1.29 is 14.1 Å². The molecule has 1 aromatic rings. The highest BCUT2D eigenvalue weighted by molar-refractivity contribution is 5.83. The van der Waals surface area contributed by atoms with Gasteiger partial charge in [0, 0.05) is 25.6 Å². The molecule has 4 aliphatic carbocycles. The molecule has 4 bridgehead atoms. The summed E-state index contributed by atoms with van der Waals surface area (Å²) >= 11 is 0. The highest BCUT2D eigenvalue weighted by Gasteiger charge is 2.61. The molecular weight excluding hydrogens is 318 g/mol. The van der Waals surface area contributed by atoms with Crippen molar-refractivity contribution in [2.45, 2.75) is 64.5 Å². The van der Waals surface area contributed by atoms with Crippen LogP contribution in [0.5, 0.6) is 0 Å². The molecule has 6 nitrogen and oxygen atoms in total. The van der Waals surface area contributed by atoms with Crippen LogP contribution in [0.15, 0.2) is 10.6 Å². The molecule has 0 spiro atoms. The molecule has 0 radical (unpaired) electrons. The van der Waals surface area contributed by atoms with E-state index in [2.05, 4.69) is 10.5 Å². The number of amides is 2. The van der Waals surface area contributed by atoms with E-state index in [-0.39, 0.29) is 22.8 Å². The van der Waals surface area contributed by atoms with Crippen LogP contribution >= 0.6 is 0 Å². The molecule has 2 atom stereocenters. The minimum absolute atomic E-state index is 0.0241. The molecule has 0 aliphatic heterocycles. The van der Waals surface area contributed by atoms with E-state index < -0.39 is 0 Å². The largest absolute Gasteiger partial charge is 0.361 e. The second-order valence-corrected chi connectivity index (χ2v) is 8.79. The molecule has 6 heteroatoms. The van der Waals surface area contributed by atoms with Crippen molar-refractivity contribution in [2.75, 3.05) is 7.05 Å². The number of nitrogens with zero attached hydrogens (tertiary/aromatic N) is 2. The van der Waals surface area contributed by atoms with Crippen LogP contribution in [0.4, 0.5) is 0 Å². The molecule has 2 unspecified atom stereocenters. The maximum absolute atomic E-state index is 13.4. The van der Waals surface area contributed by atoms with Gasteiger partial charge in [0.25, 0.3) is 0 Å². The van der Waals surface area contributed by atoms with Gasteiger partial charge in [0.2, 0.25) is 11.8 Å². The van der Waals surface area contributed by atoms with Crippen molar-refractivity contribution in [1.82, 2.24) is 15.4 Å². The summed E-state index contributed by atoms with van der Waals surface area (Å²) in [5.41, 5.74) is 0.298. The second kappa shape index (κ2) is 5.58. The summed E-state index contributed by atoms with van der Waals surface area (Å²) < 4.78 is 5.12. The Bertz CT molecular complexity index is 697. The van der Waals surface area contributed by atoms with Gasteiger partial charge in [-0.3, -0.25) is 9.59 Å². The Kier molecular flexibility index (Phi) is 3.71. The number of hydrogen-bond donors (Lipinski definition) is 1. The molecule has 4 aliphatic rings. The molecule has 4 fully saturated rings. The van der Waals surface area contributed by atoms with Crippen LogP contribution in [0.1, 0.15) is 56.9 Å². The van der Waals surface area contributed by atoms with E-state index in [1.165, 1.54) is 6.42 Å². The predicted molar refractivity (Wildman–Crippen MR) is 91.4 cm³/mol. The van der Waals surface area contributed by atoms with E-state index >= 15 is 0 Å². The highest BCUT2D eigenvalue weighted by Crippen LogP contribution is 2.62. The third-order valence-electron chi connectivity index (χ3n) is 6.38. The first-order valence-electron chi connectivity index (χ1n) is 9.26. The second-order valence-electron chi connectivity index (χ2n) is 8.79. The lowest BCUT2D eigenvalue weighted by Crippen LogP contribution is -2.65. The van der Waals surface area contributed by atoms with Gasteiger partial charge in [-0.2, -0.15) is 0 Å². The van der Waals surface area contributed by atoms with Crippen LogP contribution in [0.2, 0.25) is 0 Å². The third kappa shape index (κ3) is 2.85. The average Bonchev–Trinajstić information content (AvgIpc) is 2.88. The molecule has 1 heterocycles. The zero-order valence-electron chi connectivity index (χ0n) is 15.3. The van der Waals surface area contributed by atoms with E-state index in [1.54, 1.807) is 11.8 Å². The molecule has 0 saturated heterocycles. The molecule has 4 saturated carbocycles. The summed E-state index contributed by atoms with van der Waals surface area (Å²) in [6, 6.07) is 1.88. The van der Waals surface area contributed by atoms with E-state index in [0.717, 1.165) is 43.6 Å². The minimum Gasteiger partial charge on any atom is -0.361 e. The Balaban J connectivity index is 1.56. The average molecular weight is 345 g/mol. The van der Waals surface area contributed by atoms with Gasteiger partial charge in [-0.1, -0.05) is 5.16 Å². The normalized spacial score (nSPS) is 35.6. The van der Waals surface area contributed by atoms with Crippen LogP contribution in [0, 0.1) is 24.2 Å². The maximum Gasteiger partial charge on any atom is 0.228 e. The SMILES string of the molecule is CC(=O)NC12CC3CC(C1)CC(C(=O)N(C)Cc1cc(C)on1)(C3)C2. The first-order valence-corrected chi connectivity index (χ1v) is 9.26. The number of carbonyl (C=O) groups is 2. The molecule has 1 aromatic heterocycles. The van der Waals surface area contributed by atoms with Gasteiger partial charge in [0.05, 0.1) is 12.0 Å². The van der Waals surface area contributed by atoms with Gasteiger partial charge in [-0.25, -0.2) is 0 Å². The van der Waals surface area contributed by atoms with Crippen LogP contribution in [-0.4, -0.2) is 34.5 Å². The fraction of sp³-hybridized carbons (Fsp3) is 0.737. The van der Waals surface area contributed by atoms with Crippen molar-refractivity contribution >= 4 is 11.8 Å². The van der Waals surface area contributed by atoms with Crippen LogP contribution in [-0.2, 0) is 16.1 Å². The van der Waals surface area contributed by atoms with Crippen LogP contribution < -0.4 is 5.32 Å². The molecule has 2 amide bonds. The molecular formula is C19H27N3O3. The standard InChI is InChI=1S/C19H27N3O3/c1-12-4-16(21-25-12)10-22(3)17(24)18-6-14-5-15(7-18)9-19(8-14,11-18)20-13(2)23/h4,14-15H,5-11H2,1-3H3,(H,20,23). The fourth-order valence-electron chi connectivity index (χ4n) is 6.24. The zero-order valence-corrected chi connectivity index (χ0v) is 15.3. The Hall–Kier alpha value is -1.85. The molecule has 0 aromatic carbocycles. The Labute approximate surface area is 148 Å². The maximum atomic E-state index is 13.4. The summed E-state index contributed by atoms with van der Waals surface area (Å²) in [6.45, 7) is 3.92. The molecule has 136 valence electrons. The quantitative estimate of drug-likeness (QED) is 0.909. The summed E-state index contributed by atoms with van der Waals surface area (Å²) in [6.07, 6.45) is 5.99. The smallest absolute Gasteiger partial charge is 0.228 e. The zero-order chi connectivity index (χ0) is 17.8. The van der Waals surface area contributed by atoms with Gasteiger partial charge >= 0.3 is 0 Å². The molecule has 5 rings (SSSR count). The number of aromatic nitrogens is 1. The number of nitrogens with one attached hydrogen (secondary N) is 1. The van der Waals surface area contributed by atoms with E-state index in [4.69, 9.17) is 4.52 Å². The van der Waals surface area contributed by atoms with Gasteiger partial charge in [0.1, 0.15) is 11.5 Å². The van der Waals surface area contributed by atoms with Crippen molar-refractivity contribution in [3.05, 3.63) is 17.5 Å². The number of aryl methyl sites for hydroxylation is 1. The lowest BCUT2D eigenvalue weighted by molar-refractivity contribution is -0.162. The Morgan fingerprint density at radius 3 is 2.56 bits per heavy atom. The van der Waals surface area contributed by atoms with Crippen LogP contribution in [0.3, 0.4) is 0 Å². The third-order valence-corrected chi connectivity index (χ3v) is 6.38. The number of hydrogen-bond acceptors (Lipinski definition) is 4. The first-order chi connectivity index (χ1) is 11.8. The fourth-order valence-corrected chi connectivity index (χ4v) is 6.24. The van der Waals surface area contributed by atoms with E-state index in [0.29, 0.717) is 18.4 Å². The van der Waals surface area contributed by atoms with Gasteiger partial charge in [0.15, 0.2) is 0 Å². The molecule has 25 heavy (non-hydrogen) atoms.